The second-order valence-corrected chi connectivity index (χ2v) is 6.65. The van der Waals surface area contributed by atoms with E-state index in [0.717, 1.165) is 30.2 Å². The average Bonchev–Trinajstić information content (AvgIpc) is 3.18. The van der Waals surface area contributed by atoms with Gasteiger partial charge in [0, 0.05) is 24.6 Å². The Balaban J connectivity index is 1.66. The van der Waals surface area contributed by atoms with Crippen molar-refractivity contribution in [1.29, 1.82) is 0 Å². The predicted molar refractivity (Wildman–Crippen MR) is 113 cm³/mol. The lowest BCUT2D eigenvalue weighted by molar-refractivity contribution is 0.235. The van der Waals surface area contributed by atoms with Gasteiger partial charge in [-0.1, -0.05) is 18.2 Å². The highest BCUT2D eigenvalue weighted by Gasteiger charge is 2.22. The number of hydrogen-bond acceptors (Lipinski definition) is 5. The van der Waals surface area contributed by atoms with Gasteiger partial charge in [-0.05, 0) is 24.6 Å². The molecular formula is C22H29N3O4. The molecule has 0 fully saturated rings. The maximum absolute atomic E-state index is 5.99. The van der Waals surface area contributed by atoms with Gasteiger partial charge < -0.3 is 29.6 Å². The Morgan fingerprint density at radius 2 is 1.76 bits per heavy atom. The van der Waals surface area contributed by atoms with Crippen molar-refractivity contribution in [3.05, 3.63) is 47.5 Å². The van der Waals surface area contributed by atoms with Crippen molar-refractivity contribution < 1.29 is 18.9 Å². The molecule has 2 aromatic carbocycles. The first-order chi connectivity index (χ1) is 14.2. The average molecular weight is 399 g/mol. The molecule has 7 nitrogen and oxygen atoms in total. The van der Waals surface area contributed by atoms with Gasteiger partial charge in [-0.15, -0.1) is 0 Å². The van der Waals surface area contributed by atoms with Gasteiger partial charge in [-0.25, -0.2) is 4.99 Å². The third-order valence-electron chi connectivity index (χ3n) is 4.75. The fourth-order valence-corrected chi connectivity index (χ4v) is 3.30. The van der Waals surface area contributed by atoms with Crippen LogP contribution >= 0.6 is 0 Å². The van der Waals surface area contributed by atoms with Crippen LogP contribution in [0.5, 0.6) is 23.0 Å². The maximum atomic E-state index is 5.99. The van der Waals surface area contributed by atoms with Crippen molar-refractivity contribution in [2.45, 2.75) is 26.0 Å². The molecule has 29 heavy (non-hydrogen) atoms. The molecule has 1 atom stereocenters. The van der Waals surface area contributed by atoms with E-state index in [9.17, 15) is 0 Å². The SMILES string of the molecule is CCNC(=NCc1cc(OC)c(OC)cc1OC)NCC1Cc2ccccc2O1. The molecule has 1 unspecified atom stereocenters. The van der Waals surface area contributed by atoms with Crippen LogP contribution in [0.1, 0.15) is 18.1 Å². The van der Waals surface area contributed by atoms with Gasteiger partial charge in [0.05, 0.1) is 34.4 Å². The van der Waals surface area contributed by atoms with Gasteiger partial charge >= 0.3 is 0 Å². The first-order valence-electron chi connectivity index (χ1n) is 9.74. The molecule has 0 aliphatic carbocycles. The number of hydrogen-bond donors (Lipinski definition) is 2. The van der Waals surface area contributed by atoms with Crippen molar-refractivity contribution in [2.75, 3.05) is 34.4 Å². The van der Waals surface area contributed by atoms with E-state index in [-0.39, 0.29) is 6.10 Å². The van der Waals surface area contributed by atoms with Crippen LogP contribution in [-0.4, -0.2) is 46.5 Å². The van der Waals surface area contributed by atoms with Crippen LogP contribution in [0.3, 0.4) is 0 Å². The summed E-state index contributed by atoms with van der Waals surface area (Å²) in [4.78, 5) is 4.70. The van der Waals surface area contributed by atoms with E-state index in [0.29, 0.717) is 30.3 Å². The molecule has 7 heteroatoms. The molecule has 0 radical (unpaired) electrons. The quantitative estimate of drug-likeness (QED) is 0.525. The van der Waals surface area contributed by atoms with Crippen LogP contribution in [0.15, 0.2) is 41.4 Å². The van der Waals surface area contributed by atoms with Crippen molar-refractivity contribution >= 4 is 5.96 Å². The zero-order valence-electron chi connectivity index (χ0n) is 17.5. The number of methoxy groups -OCH3 is 3. The number of nitrogens with zero attached hydrogens (tertiary/aromatic N) is 1. The largest absolute Gasteiger partial charge is 0.496 e. The summed E-state index contributed by atoms with van der Waals surface area (Å²) in [6.45, 7) is 3.91. The Morgan fingerprint density at radius 3 is 2.45 bits per heavy atom. The molecule has 0 saturated heterocycles. The van der Waals surface area contributed by atoms with Gasteiger partial charge in [-0.2, -0.15) is 0 Å². The summed E-state index contributed by atoms with van der Waals surface area (Å²) in [5, 5.41) is 6.65. The van der Waals surface area contributed by atoms with Gasteiger partial charge in [0.25, 0.3) is 0 Å². The summed E-state index contributed by atoms with van der Waals surface area (Å²) >= 11 is 0. The van der Waals surface area contributed by atoms with E-state index in [1.165, 1.54) is 5.56 Å². The van der Waals surface area contributed by atoms with Gasteiger partial charge in [0.2, 0.25) is 0 Å². The summed E-state index contributed by atoms with van der Waals surface area (Å²) in [7, 11) is 4.85. The summed E-state index contributed by atoms with van der Waals surface area (Å²) < 4.78 is 22.2. The van der Waals surface area contributed by atoms with E-state index < -0.39 is 0 Å². The Bertz CT molecular complexity index is 829. The molecule has 156 valence electrons. The smallest absolute Gasteiger partial charge is 0.191 e. The van der Waals surface area contributed by atoms with Crippen molar-refractivity contribution in [1.82, 2.24) is 10.6 Å². The van der Waals surface area contributed by atoms with Crippen LogP contribution < -0.4 is 29.6 Å². The zero-order chi connectivity index (χ0) is 20.6. The predicted octanol–water partition coefficient (Wildman–Crippen LogP) is 2.77. The Morgan fingerprint density at radius 1 is 1.03 bits per heavy atom. The highest BCUT2D eigenvalue weighted by Crippen LogP contribution is 2.35. The second kappa shape index (κ2) is 9.91. The molecule has 0 saturated carbocycles. The lowest BCUT2D eigenvalue weighted by Crippen LogP contribution is -2.42. The zero-order valence-corrected chi connectivity index (χ0v) is 17.5. The molecule has 0 spiro atoms. The third kappa shape index (κ3) is 5.04. The number of para-hydroxylation sites is 1. The summed E-state index contributed by atoms with van der Waals surface area (Å²) in [6, 6.07) is 11.9. The molecule has 0 amide bonds. The minimum absolute atomic E-state index is 0.0897. The van der Waals surface area contributed by atoms with E-state index in [1.807, 2.05) is 37.3 Å². The van der Waals surface area contributed by atoms with E-state index in [4.69, 9.17) is 23.9 Å². The number of ether oxygens (including phenoxy) is 4. The fraction of sp³-hybridized carbons (Fsp3) is 0.409. The van der Waals surface area contributed by atoms with Gasteiger partial charge in [0.15, 0.2) is 17.5 Å². The number of benzene rings is 2. The molecule has 1 heterocycles. The normalized spacial score (nSPS) is 15.3. The van der Waals surface area contributed by atoms with Gasteiger partial charge in [0.1, 0.15) is 17.6 Å². The van der Waals surface area contributed by atoms with Crippen LogP contribution in [0, 0.1) is 0 Å². The Kier molecular flexibility index (Phi) is 7.05. The summed E-state index contributed by atoms with van der Waals surface area (Å²) in [6.07, 6.45) is 0.985. The molecule has 1 aliphatic rings. The molecular weight excluding hydrogens is 370 g/mol. The molecule has 2 aromatic rings. The number of aliphatic imine (C=N–C) groups is 1. The second-order valence-electron chi connectivity index (χ2n) is 6.65. The number of rotatable bonds is 8. The Hall–Kier alpha value is -3.09. The minimum Gasteiger partial charge on any atom is -0.496 e. The lowest BCUT2D eigenvalue weighted by atomic mass is 10.1. The summed E-state index contributed by atoms with van der Waals surface area (Å²) in [5.74, 6) is 3.67. The number of guanidine groups is 1. The van der Waals surface area contributed by atoms with Gasteiger partial charge in [-0.3, -0.25) is 0 Å². The first kappa shape index (κ1) is 20.6. The highest BCUT2D eigenvalue weighted by molar-refractivity contribution is 5.79. The third-order valence-corrected chi connectivity index (χ3v) is 4.75. The monoisotopic (exact) mass is 399 g/mol. The summed E-state index contributed by atoms with van der Waals surface area (Å²) in [5.41, 5.74) is 2.16. The Labute approximate surface area is 172 Å². The van der Waals surface area contributed by atoms with E-state index in [1.54, 1.807) is 21.3 Å². The van der Waals surface area contributed by atoms with Crippen molar-refractivity contribution in [2.24, 2.45) is 4.99 Å². The topological polar surface area (TPSA) is 73.3 Å². The molecule has 2 N–H and O–H groups in total. The molecule has 0 bridgehead atoms. The number of fused-ring (bicyclic) bond motifs is 1. The van der Waals surface area contributed by atoms with Crippen LogP contribution in [0.4, 0.5) is 0 Å². The van der Waals surface area contributed by atoms with Crippen molar-refractivity contribution in [3.63, 3.8) is 0 Å². The minimum atomic E-state index is 0.0897. The maximum Gasteiger partial charge on any atom is 0.191 e. The van der Waals surface area contributed by atoms with E-state index in [2.05, 4.69) is 16.7 Å². The molecule has 3 rings (SSSR count). The fourth-order valence-electron chi connectivity index (χ4n) is 3.30. The van der Waals surface area contributed by atoms with Crippen LogP contribution in [-0.2, 0) is 13.0 Å². The highest BCUT2D eigenvalue weighted by atomic mass is 16.5. The molecule has 0 aromatic heterocycles. The molecule has 1 aliphatic heterocycles. The van der Waals surface area contributed by atoms with Crippen molar-refractivity contribution in [3.8, 4) is 23.0 Å². The number of nitrogens with one attached hydrogen (secondary N) is 2. The first-order valence-corrected chi connectivity index (χ1v) is 9.74. The lowest BCUT2D eigenvalue weighted by Gasteiger charge is -2.16. The van der Waals surface area contributed by atoms with Crippen LogP contribution in [0.2, 0.25) is 0 Å². The van der Waals surface area contributed by atoms with E-state index >= 15 is 0 Å². The standard InChI is InChI=1S/C22H29N3O4/c1-5-23-22(25-14-17-10-15-8-6-7-9-18(15)29-17)24-13-16-11-20(27-3)21(28-4)12-19(16)26-2/h6-9,11-12,17H,5,10,13-14H2,1-4H3,(H2,23,24,25). The van der Waals surface area contributed by atoms with Crippen LogP contribution in [0.25, 0.3) is 0 Å².